The molecule has 1 heterocycles. The van der Waals surface area contributed by atoms with E-state index in [2.05, 4.69) is 27.2 Å². The van der Waals surface area contributed by atoms with Crippen LogP contribution in [0.5, 0.6) is 0 Å². The van der Waals surface area contributed by atoms with E-state index in [1.807, 2.05) is 7.05 Å². The molecule has 1 aliphatic rings. The Kier molecular flexibility index (Phi) is 2.82. The molecule has 14 heavy (non-hydrogen) atoms. The number of hydrogen-bond donors (Lipinski definition) is 1. The maximum absolute atomic E-state index is 4.23. The van der Waals surface area contributed by atoms with Gasteiger partial charge in [-0.3, -0.25) is 0 Å². The Labute approximate surface area is 84.7 Å². The molecule has 0 aromatic carbocycles. The Bertz CT molecular complexity index is 301. The van der Waals surface area contributed by atoms with E-state index in [4.69, 9.17) is 0 Å². The van der Waals surface area contributed by atoms with E-state index in [0.717, 1.165) is 18.8 Å². The first-order valence-electron chi connectivity index (χ1n) is 5.43. The molecule has 4 nitrogen and oxygen atoms in total. The maximum atomic E-state index is 4.23. The first kappa shape index (κ1) is 9.65. The third-order valence-corrected chi connectivity index (χ3v) is 2.98. The highest BCUT2D eigenvalue weighted by molar-refractivity contribution is 5.17. The second-order valence-corrected chi connectivity index (χ2v) is 3.90. The Hall–Kier alpha value is -0.900. The van der Waals surface area contributed by atoms with Crippen LogP contribution in [0.4, 0.5) is 0 Å². The van der Waals surface area contributed by atoms with Crippen LogP contribution in [0.1, 0.15) is 43.5 Å². The van der Waals surface area contributed by atoms with Gasteiger partial charge in [-0.1, -0.05) is 11.6 Å². The second kappa shape index (κ2) is 4.09. The summed E-state index contributed by atoms with van der Waals surface area (Å²) in [4.78, 5) is 0. The van der Waals surface area contributed by atoms with Gasteiger partial charge >= 0.3 is 0 Å². The molecule has 78 valence electrons. The first-order chi connectivity index (χ1) is 6.86. The zero-order chi connectivity index (χ0) is 9.97. The summed E-state index contributed by atoms with van der Waals surface area (Å²) in [6.07, 6.45) is 3.98. The highest BCUT2D eigenvalue weighted by atomic mass is 15.4. The van der Waals surface area contributed by atoms with Gasteiger partial charge in [-0.25, -0.2) is 4.68 Å². The highest BCUT2D eigenvalue weighted by Gasteiger charge is 2.26. The van der Waals surface area contributed by atoms with Gasteiger partial charge in [0.25, 0.3) is 0 Å². The fourth-order valence-electron chi connectivity index (χ4n) is 2.01. The number of rotatable bonds is 4. The van der Waals surface area contributed by atoms with Gasteiger partial charge in [-0.05, 0) is 26.8 Å². The molecule has 0 atom stereocenters. The van der Waals surface area contributed by atoms with Crippen LogP contribution in [-0.4, -0.2) is 22.0 Å². The Balaban J connectivity index is 2.25. The predicted molar refractivity (Wildman–Crippen MR) is 55.1 cm³/mol. The molecule has 0 unspecified atom stereocenters. The van der Waals surface area contributed by atoms with E-state index >= 15 is 0 Å². The van der Waals surface area contributed by atoms with Gasteiger partial charge in [-0.2, -0.15) is 0 Å². The molecule has 0 saturated heterocycles. The molecule has 0 bridgehead atoms. The van der Waals surface area contributed by atoms with Crippen molar-refractivity contribution in [2.75, 3.05) is 7.05 Å². The monoisotopic (exact) mass is 194 g/mol. The topological polar surface area (TPSA) is 42.7 Å². The molecular formula is C10H18N4. The SMILES string of the molecule is CCn1nnc(CNC)c1C1CCC1. The standard InChI is InChI=1S/C10H18N4/c1-3-14-10(8-5-4-6-8)9(7-11-2)12-13-14/h8,11H,3-7H2,1-2H3. The molecule has 2 rings (SSSR count). The smallest absolute Gasteiger partial charge is 0.0999 e. The molecule has 1 N–H and O–H groups in total. The lowest BCUT2D eigenvalue weighted by atomic mass is 9.82. The van der Waals surface area contributed by atoms with Crippen LogP contribution < -0.4 is 5.32 Å². The highest BCUT2D eigenvalue weighted by Crippen LogP contribution is 2.37. The summed E-state index contributed by atoms with van der Waals surface area (Å²) in [6, 6.07) is 0. The molecule has 1 aromatic rings. The molecule has 0 spiro atoms. The minimum Gasteiger partial charge on any atom is -0.314 e. The van der Waals surface area contributed by atoms with E-state index < -0.39 is 0 Å². The van der Waals surface area contributed by atoms with Gasteiger partial charge < -0.3 is 5.32 Å². The quantitative estimate of drug-likeness (QED) is 0.785. The molecular weight excluding hydrogens is 176 g/mol. The zero-order valence-corrected chi connectivity index (χ0v) is 8.95. The maximum Gasteiger partial charge on any atom is 0.0999 e. The van der Waals surface area contributed by atoms with Crippen LogP contribution in [-0.2, 0) is 13.1 Å². The molecule has 1 fully saturated rings. The second-order valence-electron chi connectivity index (χ2n) is 3.90. The molecule has 0 radical (unpaired) electrons. The van der Waals surface area contributed by atoms with Crippen LogP contribution >= 0.6 is 0 Å². The Morgan fingerprint density at radius 1 is 1.50 bits per heavy atom. The molecule has 1 saturated carbocycles. The van der Waals surface area contributed by atoms with Crippen LogP contribution in [0.25, 0.3) is 0 Å². The summed E-state index contributed by atoms with van der Waals surface area (Å²) < 4.78 is 2.05. The van der Waals surface area contributed by atoms with Gasteiger partial charge in [0, 0.05) is 19.0 Å². The van der Waals surface area contributed by atoms with Crippen LogP contribution in [0.3, 0.4) is 0 Å². The normalized spacial score (nSPS) is 17.0. The summed E-state index contributed by atoms with van der Waals surface area (Å²) in [6.45, 7) is 3.90. The van der Waals surface area contributed by atoms with Crippen molar-refractivity contribution in [1.82, 2.24) is 20.3 Å². The number of aryl methyl sites for hydroxylation is 1. The van der Waals surface area contributed by atoms with E-state index in [0.29, 0.717) is 5.92 Å². The summed E-state index contributed by atoms with van der Waals surface area (Å²) in [5.41, 5.74) is 2.51. The van der Waals surface area contributed by atoms with Crippen molar-refractivity contribution in [3.63, 3.8) is 0 Å². The van der Waals surface area contributed by atoms with Crippen molar-refractivity contribution in [3.05, 3.63) is 11.4 Å². The summed E-state index contributed by atoms with van der Waals surface area (Å²) >= 11 is 0. The summed E-state index contributed by atoms with van der Waals surface area (Å²) in [5, 5.41) is 11.6. The minimum absolute atomic E-state index is 0.716. The Morgan fingerprint density at radius 3 is 2.79 bits per heavy atom. The minimum atomic E-state index is 0.716. The van der Waals surface area contributed by atoms with E-state index in [1.54, 1.807) is 0 Å². The predicted octanol–water partition coefficient (Wildman–Crippen LogP) is 1.28. The number of aromatic nitrogens is 3. The van der Waals surface area contributed by atoms with Gasteiger partial charge in [0.1, 0.15) is 0 Å². The molecule has 1 aromatic heterocycles. The van der Waals surface area contributed by atoms with Crippen molar-refractivity contribution < 1.29 is 0 Å². The number of nitrogens with zero attached hydrogens (tertiary/aromatic N) is 3. The third-order valence-electron chi connectivity index (χ3n) is 2.98. The summed E-state index contributed by atoms with van der Waals surface area (Å²) in [7, 11) is 1.95. The van der Waals surface area contributed by atoms with Gasteiger partial charge in [0.2, 0.25) is 0 Å². The lowest BCUT2D eigenvalue weighted by Crippen LogP contribution is -2.18. The first-order valence-corrected chi connectivity index (χ1v) is 5.43. The van der Waals surface area contributed by atoms with Crippen molar-refractivity contribution in [3.8, 4) is 0 Å². The van der Waals surface area contributed by atoms with Gasteiger partial charge in [0.15, 0.2) is 0 Å². The van der Waals surface area contributed by atoms with Crippen molar-refractivity contribution >= 4 is 0 Å². The zero-order valence-electron chi connectivity index (χ0n) is 8.95. The lowest BCUT2D eigenvalue weighted by Gasteiger charge is -2.26. The van der Waals surface area contributed by atoms with Crippen LogP contribution in [0, 0.1) is 0 Å². The van der Waals surface area contributed by atoms with E-state index in [1.165, 1.54) is 25.0 Å². The van der Waals surface area contributed by atoms with Gasteiger partial charge in [-0.15, -0.1) is 5.10 Å². The molecule has 4 heteroatoms. The number of hydrogen-bond acceptors (Lipinski definition) is 3. The van der Waals surface area contributed by atoms with Crippen LogP contribution in [0.2, 0.25) is 0 Å². The fourth-order valence-corrected chi connectivity index (χ4v) is 2.01. The number of nitrogens with one attached hydrogen (secondary N) is 1. The largest absolute Gasteiger partial charge is 0.314 e. The third kappa shape index (κ3) is 1.54. The average molecular weight is 194 g/mol. The molecule has 1 aliphatic carbocycles. The van der Waals surface area contributed by atoms with Crippen molar-refractivity contribution in [2.24, 2.45) is 0 Å². The molecule has 0 aliphatic heterocycles. The fraction of sp³-hybridized carbons (Fsp3) is 0.800. The lowest BCUT2D eigenvalue weighted by molar-refractivity contribution is 0.387. The average Bonchev–Trinajstić information content (AvgIpc) is 2.47. The van der Waals surface area contributed by atoms with Crippen molar-refractivity contribution in [1.29, 1.82) is 0 Å². The van der Waals surface area contributed by atoms with E-state index in [-0.39, 0.29) is 0 Å². The van der Waals surface area contributed by atoms with Gasteiger partial charge in [0.05, 0.1) is 11.4 Å². The Morgan fingerprint density at radius 2 is 2.29 bits per heavy atom. The van der Waals surface area contributed by atoms with Crippen molar-refractivity contribution in [2.45, 2.75) is 45.2 Å². The summed E-state index contributed by atoms with van der Waals surface area (Å²) in [5.74, 6) is 0.716. The molecule has 0 amide bonds. The van der Waals surface area contributed by atoms with Crippen LogP contribution in [0.15, 0.2) is 0 Å². The van der Waals surface area contributed by atoms with E-state index in [9.17, 15) is 0 Å².